The lowest BCUT2D eigenvalue weighted by atomic mass is 10.2. The van der Waals surface area contributed by atoms with Crippen LogP contribution in [0.15, 0.2) is 57.5 Å². The van der Waals surface area contributed by atoms with Crippen LogP contribution in [-0.4, -0.2) is 34.9 Å². The van der Waals surface area contributed by atoms with E-state index in [-0.39, 0.29) is 0 Å². The number of nitrogens with zero attached hydrogens (tertiary/aromatic N) is 2. The minimum atomic E-state index is -0.445. The van der Waals surface area contributed by atoms with Gasteiger partial charge in [0.2, 0.25) is 0 Å². The number of methoxy groups -OCH3 is 2. The molecule has 8 nitrogen and oxygen atoms in total. The molecule has 168 valence electrons. The molecule has 0 N–H and O–H groups in total. The third kappa shape index (κ3) is 4.70. The number of fused-ring (bicyclic) bond motifs is 1. The van der Waals surface area contributed by atoms with Gasteiger partial charge in [0.25, 0.3) is 0 Å². The van der Waals surface area contributed by atoms with Gasteiger partial charge in [0, 0.05) is 0 Å². The van der Waals surface area contributed by atoms with E-state index in [9.17, 15) is 9.59 Å². The average Bonchev–Trinajstić information content (AvgIpc) is 3.35. The van der Waals surface area contributed by atoms with Crippen molar-refractivity contribution in [3.8, 4) is 23.0 Å². The van der Waals surface area contributed by atoms with Gasteiger partial charge in [0.05, 0.1) is 46.0 Å². The second kappa shape index (κ2) is 9.86. The number of halogens is 2. The van der Waals surface area contributed by atoms with Crippen LogP contribution in [0.5, 0.6) is 23.0 Å². The normalized spacial score (nSPS) is 10.7. The van der Waals surface area contributed by atoms with Crippen molar-refractivity contribution >= 4 is 66.6 Å². The zero-order valence-corrected chi connectivity index (χ0v) is 21.1. The second-order valence-electron chi connectivity index (χ2n) is 6.48. The number of esters is 2. The van der Waals surface area contributed by atoms with E-state index in [1.807, 2.05) is 0 Å². The topological polar surface area (TPSA) is 96.8 Å². The molecule has 0 saturated carbocycles. The van der Waals surface area contributed by atoms with E-state index in [1.165, 1.54) is 14.2 Å². The van der Waals surface area contributed by atoms with Crippen LogP contribution < -0.4 is 9.47 Å². The first-order valence-electron chi connectivity index (χ1n) is 9.28. The van der Waals surface area contributed by atoms with E-state index in [2.05, 4.69) is 40.6 Å². The Hall–Kier alpha value is -3.02. The molecule has 3 aromatic carbocycles. The van der Waals surface area contributed by atoms with Gasteiger partial charge in [-0.1, -0.05) is 0 Å². The van der Waals surface area contributed by atoms with E-state index >= 15 is 0 Å². The predicted octanol–water partition coefficient (Wildman–Crippen LogP) is 6.37. The lowest BCUT2D eigenvalue weighted by Crippen LogP contribution is -2.01. The van der Waals surface area contributed by atoms with Gasteiger partial charge in [-0.25, -0.2) is 9.59 Å². The average molecular weight is 594 g/mol. The fourth-order valence-electron chi connectivity index (χ4n) is 2.86. The minimum Gasteiger partial charge on any atom is -0.465 e. The zero-order valence-electron chi connectivity index (χ0n) is 17.1. The summed E-state index contributed by atoms with van der Waals surface area (Å²) in [4.78, 5) is 23.4. The van der Waals surface area contributed by atoms with Gasteiger partial charge in [-0.3, -0.25) is 0 Å². The SMILES string of the molecule is COC(=O)c1ccc(Oc2c(Oc3ccc(C(=O)OC)cc3)c(Br)c3nsnc3c2Br)cc1. The Labute approximate surface area is 209 Å². The van der Waals surface area contributed by atoms with Gasteiger partial charge in [-0.2, -0.15) is 8.75 Å². The van der Waals surface area contributed by atoms with Crippen molar-refractivity contribution < 1.29 is 28.5 Å². The smallest absolute Gasteiger partial charge is 0.337 e. The molecule has 0 bridgehead atoms. The van der Waals surface area contributed by atoms with Crippen LogP contribution in [0.3, 0.4) is 0 Å². The van der Waals surface area contributed by atoms with Gasteiger partial charge >= 0.3 is 11.9 Å². The summed E-state index contributed by atoms with van der Waals surface area (Å²) in [5, 5.41) is 0. The summed E-state index contributed by atoms with van der Waals surface area (Å²) in [5.74, 6) is 0.738. The summed E-state index contributed by atoms with van der Waals surface area (Å²) < 4.78 is 31.5. The Morgan fingerprint density at radius 1 is 0.697 bits per heavy atom. The molecule has 0 aliphatic rings. The van der Waals surface area contributed by atoms with Crippen molar-refractivity contribution in [3.05, 3.63) is 68.6 Å². The van der Waals surface area contributed by atoms with Crippen molar-refractivity contribution in [3.63, 3.8) is 0 Å². The molecular weight excluding hydrogens is 580 g/mol. The summed E-state index contributed by atoms with van der Waals surface area (Å²) >= 11 is 8.15. The van der Waals surface area contributed by atoms with Gasteiger partial charge in [0.15, 0.2) is 11.5 Å². The fraction of sp³-hybridized carbons (Fsp3) is 0.0909. The molecule has 11 heteroatoms. The Morgan fingerprint density at radius 2 is 1.06 bits per heavy atom. The van der Waals surface area contributed by atoms with Gasteiger partial charge in [0.1, 0.15) is 22.5 Å². The van der Waals surface area contributed by atoms with Gasteiger partial charge < -0.3 is 18.9 Å². The summed E-state index contributed by atoms with van der Waals surface area (Å²) in [6.07, 6.45) is 0. The van der Waals surface area contributed by atoms with Gasteiger partial charge in [-0.05, 0) is 80.4 Å². The number of rotatable bonds is 6. The largest absolute Gasteiger partial charge is 0.465 e. The number of aromatic nitrogens is 2. The lowest BCUT2D eigenvalue weighted by molar-refractivity contribution is 0.0592. The number of benzene rings is 3. The number of carbonyl (C=O) groups excluding carboxylic acids is 2. The number of hydrogen-bond donors (Lipinski definition) is 0. The highest BCUT2D eigenvalue weighted by molar-refractivity contribution is 9.11. The van der Waals surface area contributed by atoms with Crippen LogP contribution in [0.25, 0.3) is 11.0 Å². The maximum atomic E-state index is 11.7. The number of ether oxygens (including phenoxy) is 4. The molecular formula is C22H14Br2N2O6S. The third-order valence-corrected chi connectivity index (χ3v) is 6.50. The Morgan fingerprint density at radius 3 is 1.39 bits per heavy atom. The van der Waals surface area contributed by atoms with Crippen LogP contribution in [-0.2, 0) is 9.47 Å². The van der Waals surface area contributed by atoms with Gasteiger partial charge in [-0.15, -0.1) is 0 Å². The maximum absolute atomic E-state index is 11.7. The maximum Gasteiger partial charge on any atom is 0.337 e. The molecule has 0 spiro atoms. The molecule has 0 atom stereocenters. The fourth-order valence-corrected chi connectivity index (χ4v) is 4.73. The molecule has 0 saturated heterocycles. The van der Waals surface area contributed by atoms with Crippen LogP contribution in [0.2, 0.25) is 0 Å². The Bertz CT molecular complexity index is 1240. The molecule has 0 radical (unpaired) electrons. The standard InChI is InChI=1S/C22H14Br2N2O6S/c1-29-21(27)11-3-7-13(8-4-11)31-19-15(23)17-18(26-33-25-17)16(24)20(19)32-14-9-5-12(6-10-14)22(28)30-2/h3-10H,1-2H3. The van der Waals surface area contributed by atoms with Crippen LogP contribution in [0.4, 0.5) is 0 Å². The summed E-state index contributed by atoms with van der Waals surface area (Å²) in [7, 11) is 2.64. The molecule has 4 rings (SSSR count). The quantitative estimate of drug-likeness (QED) is 0.238. The lowest BCUT2D eigenvalue weighted by Gasteiger charge is -2.16. The highest BCUT2D eigenvalue weighted by Crippen LogP contribution is 2.49. The first-order chi connectivity index (χ1) is 15.9. The highest BCUT2D eigenvalue weighted by atomic mass is 79.9. The molecule has 0 aliphatic heterocycles. The van der Waals surface area contributed by atoms with E-state index < -0.39 is 11.9 Å². The third-order valence-electron chi connectivity index (χ3n) is 4.50. The van der Waals surface area contributed by atoms with Crippen molar-refractivity contribution in [2.24, 2.45) is 0 Å². The molecule has 33 heavy (non-hydrogen) atoms. The van der Waals surface area contributed by atoms with Crippen LogP contribution in [0, 0.1) is 0 Å². The van der Waals surface area contributed by atoms with E-state index in [0.29, 0.717) is 54.1 Å². The van der Waals surface area contributed by atoms with Crippen molar-refractivity contribution in [1.82, 2.24) is 8.75 Å². The van der Waals surface area contributed by atoms with Crippen LogP contribution >= 0.6 is 43.6 Å². The molecule has 1 aromatic heterocycles. The zero-order chi connectivity index (χ0) is 23.5. The molecule has 1 heterocycles. The first kappa shape index (κ1) is 23.1. The molecule has 0 aliphatic carbocycles. The summed E-state index contributed by atoms with van der Waals surface area (Å²) in [5.41, 5.74) is 1.99. The summed E-state index contributed by atoms with van der Waals surface area (Å²) in [6, 6.07) is 13.0. The number of carbonyl (C=O) groups is 2. The minimum absolute atomic E-state index is 0.352. The first-order valence-corrected chi connectivity index (χ1v) is 11.6. The Kier molecular flexibility index (Phi) is 6.91. The molecule has 0 unspecified atom stereocenters. The summed E-state index contributed by atoms with van der Waals surface area (Å²) in [6.45, 7) is 0. The highest BCUT2D eigenvalue weighted by Gasteiger charge is 2.24. The Balaban J connectivity index is 1.74. The van der Waals surface area contributed by atoms with E-state index in [0.717, 1.165) is 11.7 Å². The predicted molar refractivity (Wildman–Crippen MR) is 129 cm³/mol. The second-order valence-corrected chi connectivity index (χ2v) is 8.60. The molecule has 0 fully saturated rings. The van der Waals surface area contributed by atoms with Crippen molar-refractivity contribution in [1.29, 1.82) is 0 Å². The van der Waals surface area contributed by atoms with E-state index in [1.54, 1.807) is 48.5 Å². The van der Waals surface area contributed by atoms with Crippen molar-refractivity contribution in [2.75, 3.05) is 14.2 Å². The molecule has 4 aromatic rings. The van der Waals surface area contributed by atoms with Crippen LogP contribution in [0.1, 0.15) is 20.7 Å². The monoisotopic (exact) mass is 592 g/mol. The number of hydrogen-bond acceptors (Lipinski definition) is 9. The van der Waals surface area contributed by atoms with Crippen molar-refractivity contribution in [2.45, 2.75) is 0 Å². The molecule has 0 amide bonds. The van der Waals surface area contributed by atoms with E-state index in [4.69, 9.17) is 18.9 Å².